The van der Waals surface area contributed by atoms with Gasteiger partial charge in [-0.1, -0.05) is 18.2 Å². The molecule has 3 aromatic rings. The molecule has 0 aliphatic carbocycles. The summed E-state index contributed by atoms with van der Waals surface area (Å²) in [5.41, 5.74) is 5.24. The summed E-state index contributed by atoms with van der Waals surface area (Å²) in [6, 6.07) is 14.6. The van der Waals surface area contributed by atoms with E-state index >= 15 is 0 Å². The molecular weight excluding hydrogens is 384 g/mol. The van der Waals surface area contributed by atoms with Crippen LogP contribution in [0.4, 0.5) is 0 Å². The van der Waals surface area contributed by atoms with Gasteiger partial charge in [-0.3, -0.25) is 4.79 Å². The van der Waals surface area contributed by atoms with Gasteiger partial charge in [-0.25, -0.2) is 4.98 Å². The summed E-state index contributed by atoms with van der Waals surface area (Å²) in [5, 5.41) is 0. The van der Waals surface area contributed by atoms with Gasteiger partial charge in [-0.15, -0.1) is 11.3 Å². The lowest BCUT2D eigenvalue weighted by molar-refractivity contribution is -0.142. The Bertz CT molecular complexity index is 987. The average molecular weight is 409 g/mol. The van der Waals surface area contributed by atoms with Gasteiger partial charge in [0.2, 0.25) is 0 Å². The lowest BCUT2D eigenvalue weighted by atomic mass is 10.0. The number of likely N-dealkylation sites (tertiary alicyclic amines) is 1. The van der Waals surface area contributed by atoms with Gasteiger partial charge in [0.15, 0.2) is 0 Å². The molecule has 0 saturated carbocycles. The number of fused-ring (bicyclic) bond motifs is 1. The van der Waals surface area contributed by atoms with E-state index in [1.807, 2.05) is 22.5 Å². The maximum Gasteiger partial charge on any atom is 0.251 e. The molecule has 0 bridgehead atoms. The Morgan fingerprint density at radius 2 is 1.86 bits per heavy atom. The number of rotatable bonds is 4. The summed E-state index contributed by atoms with van der Waals surface area (Å²) < 4.78 is 12.9. The van der Waals surface area contributed by atoms with Crippen LogP contribution in [0.2, 0.25) is 0 Å². The minimum absolute atomic E-state index is 0.153. The highest BCUT2D eigenvalue weighted by Gasteiger charge is 2.31. The second-order valence-electron chi connectivity index (χ2n) is 7.70. The minimum atomic E-state index is -0.219. The Hall–Kier alpha value is -2.44. The molecule has 1 atom stereocenters. The molecule has 0 N–H and O–H groups in total. The zero-order chi connectivity index (χ0) is 19.6. The molecule has 2 aromatic carbocycles. The first-order chi connectivity index (χ1) is 14.3. The second-order valence-corrected chi connectivity index (χ2v) is 8.59. The monoisotopic (exact) mass is 408 g/mol. The molecule has 0 spiro atoms. The lowest BCUT2D eigenvalue weighted by Gasteiger charge is -2.33. The molecule has 2 saturated heterocycles. The highest BCUT2D eigenvalue weighted by Crippen LogP contribution is 2.28. The van der Waals surface area contributed by atoms with Crippen LogP contribution in [0.25, 0.3) is 21.3 Å². The van der Waals surface area contributed by atoms with E-state index in [0.29, 0.717) is 6.61 Å². The normalized spacial score (nSPS) is 20.3. The third-order valence-corrected chi connectivity index (χ3v) is 6.59. The van der Waals surface area contributed by atoms with Gasteiger partial charge in [0.1, 0.15) is 18.0 Å². The molecule has 0 radical (unpaired) electrons. The largest absolute Gasteiger partial charge is 0.490 e. The van der Waals surface area contributed by atoms with Crippen LogP contribution in [0.5, 0.6) is 5.75 Å². The first-order valence-electron chi connectivity index (χ1n) is 10.3. The Kier molecular flexibility index (Phi) is 5.21. The quantitative estimate of drug-likeness (QED) is 0.637. The summed E-state index contributed by atoms with van der Waals surface area (Å²) in [6.45, 7) is 2.20. The molecule has 6 heteroatoms. The van der Waals surface area contributed by atoms with Crippen LogP contribution < -0.4 is 4.74 Å². The predicted octanol–water partition coefficient (Wildman–Crippen LogP) is 4.51. The average Bonchev–Trinajstić information content (AvgIpc) is 3.46. The van der Waals surface area contributed by atoms with Gasteiger partial charge in [-0.05, 0) is 48.2 Å². The van der Waals surface area contributed by atoms with Crippen molar-refractivity contribution in [1.82, 2.24) is 9.88 Å². The van der Waals surface area contributed by atoms with E-state index in [1.54, 1.807) is 11.3 Å². The van der Waals surface area contributed by atoms with Crippen LogP contribution in [-0.2, 0) is 9.53 Å². The molecule has 29 heavy (non-hydrogen) atoms. The van der Waals surface area contributed by atoms with Crippen LogP contribution in [0.1, 0.15) is 25.7 Å². The summed E-state index contributed by atoms with van der Waals surface area (Å²) in [4.78, 5) is 18.8. The van der Waals surface area contributed by atoms with E-state index in [9.17, 15) is 4.79 Å². The standard InChI is InChI=1S/C23H24N2O3S/c26-23(21-2-1-13-27-21)25-11-9-19(10-12-25)28-18-6-3-16(4-7-18)17-5-8-22-20(14-17)24-15-29-22/h3-8,14-15,19,21H,1-2,9-13H2. The van der Waals surface area contributed by atoms with Crippen molar-refractivity contribution >= 4 is 27.5 Å². The highest BCUT2D eigenvalue weighted by atomic mass is 32.1. The Morgan fingerprint density at radius 1 is 1.07 bits per heavy atom. The molecule has 2 aliphatic rings. The highest BCUT2D eigenvalue weighted by molar-refractivity contribution is 7.16. The van der Waals surface area contributed by atoms with Crippen LogP contribution in [0.15, 0.2) is 48.0 Å². The molecule has 2 aliphatic heterocycles. The molecule has 5 rings (SSSR count). The number of benzene rings is 2. The van der Waals surface area contributed by atoms with E-state index in [0.717, 1.165) is 61.2 Å². The third kappa shape index (κ3) is 4.00. The predicted molar refractivity (Wildman–Crippen MR) is 114 cm³/mol. The van der Waals surface area contributed by atoms with Gasteiger partial charge in [0.05, 0.1) is 15.7 Å². The molecule has 2 fully saturated rings. The van der Waals surface area contributed by atoms with E-state index < -0.39 is 0 Å². The molecule has 1 amide bonds. The van der Waals surface area contributed by atoms with Crippen molar-refractivity contribution in [3.8, 4) is 16.9 Å². The number of amides is 1. The van der Waals surface area contributed by atoms with Crippen LogP contribution in [0, 0.1) is 0 Å². The number of nitrogens with zero attached hydrogens (tertiary/aromatic N) is 2. The Balaban J connectivity index is 1.18. The topological polar surface area (TPSA) is 51.7 Å². The number of carbonyl (C=O) groups is 1. The van der Waals surface area contributed by atoms with Crippen LogP contribution in [-0.4, -0.2) is 47.7 Å². The smallest absolute Gasteiger partial charge is 0.251 e. The van der Waals surface area contributed by atoms with E-state index in [4.69, 9.17) is 9.47 Å². The zero-order valence-electron chi connectivity index (χ0n) is 16.3. The molecule has 3 heterocycles. The van der Waals surface area contributed by atoms with Crippen molar-refractivity contribution in [2.75, 3.05) is 19.7 Å². The molecule has 1 unspecified atom stereocenters. The number of piperidine rings is 1. The maximum atomic E-state index is 12.5. The molecule has 5 nitrogen and oxygen atoms in total. The van der Waals surface area contributed by atoms with E-state index in [-0.39, 0.29) is 18.1 Å². The second kappa shape index (κ2) is 8.13. The van der Waals surface area contributed by atoms with Gasteiger partial charge >= 0.3 is 0 Å². The Morgan fingerprint density at radius 3 is 2.62 bits per heavy atom. The van der Waals surface area contributed by atoms with Gasteiger partial charge in [0, 0.05) is 32.5 Å². The van der Waals surface area contributed by atoms with Crippen LogP contribution >= 0.6 is 11.3 Å². The maximum absolute atomic E-state index is 12.5. The van der Waals surface area contributed by atoms with Crippen molar-refractivity contribution < 1.29 is 14.3 Å². The van der Waals surface area contributed by atoms with Gasteiger partial charge in [-0.2, -0.15) is 0 Å². The minimum Gasteiger partial charge on any atom is -0.490 e. The SMILES string of the molecule is O=C(C1CCCO1)N1CCC(Oc2ccc(-c3ccc4scnc4c3)cc2)CC1. The first-order valence-corrected chi connectivity index (χ1v) is 11.1. The van der Waals surface area contributed by atoms with Crippen molar-refractivity contribution in [3.63, 3.8) is 0 Å². The van der Waals surface area contributed by atoms with Gasteiger partial charge in [0.25, 0.3) is 5.91 Å². The van der Waals surface area contributed by atoms with E-state index in [1.165, 1.54) is 4.70 Å². The van der Waals surface area contributed by atoms with Crippen molar-refractivity contribution in [1.29, 1.82) is 0 Å². The number of hydrogen-bond donors (Lipinski definition) is 0. The number of carbonyl (C=O) groups excluding carboxylic acids is 1. The van der Waals surface area contributed by atoms with Crippen molar-refractivity contribution in [2.24, 2.45) is 0 Å². The number of ether oxygens (including phenoxy) is 2. The van der Waals surface area contributed by atoms with Gasteiger partial charge < -0.3 is 14.4 Å². The Labute approximate surface area is 174 Å². The van der Waals surface area contributed by atoms with Crippen molar-refractivity contribution in [2.45, 2.75) is 37.9 Å². The lowest BCUT2D eigenvalue weighted by Crippen LogP contribution is -2.45. The van der Waals surface area contributed by atoms with Crippen molar-refractivity contribution in [3.05, 3.63) is 48.0 Å². The summed E-state index contributed by atoms with van der Waals surface area (Å²) in [5.74, 6) is 1.04. The van der Waals surface area contributed by atoms with E-state index in [2.05, 4.69) is 35.3 Å². The number of thiazole rings is 1. The van der Waals surface area contributed by atoms with Crippen LogP contribution in [0.3, 0.4) is 0 Å². The zero-order valence-corrected chi connectivity index (χ0v) is 17.1. The number of aromatic nitrogens is 1. The fourth-order valence-electron chi connectivity index (χ4n) is 4.13. The molecular formula is C23H24N2O3S. The summed E-state index contributed by atoms with van der Waals surface area (Å²) in [6.07, 6.45) is 3.51. The fraction of sp³-hybridized carbons (Fsp3) is 0.391. The molecule has 1 aromatic heterocycles. The third-order valence-electron chi connectivity index (χ3n) is 5.78. The molecule has 150 valence electrons. The summed E-state index contributed by atoms with van der Waals surface area (Å²) in [7, 11) is 0. The summed E-state index contributed by atoms with van der Waals surface area (Å²) >= 11 is 1.66. The fourth-order valence-corrected chi connectivity index (χ4v) is 4.78. The first kappa shape index (κ1) is 18.6. The number of hydrogen-bond acceptors (Lipinski definition) is 5.